The molecule has 0 atom stereocenters. The summed E-state index contributed by atoms with van der Waals surface area (Å²) in [6.45, 7) is 0. The maximum absolute atomic E-state index is 2.17. The van der Waals surface area contributed by atoms with E-state index < -0.39 is 0 Å². The van der Waals surface area contributed by atoms with Crippen LogP contribution < -0.4 is 0 Å². The molecule has 0 amide bonds. The monoisotopic (exact) mass is 306 g/mol. The van der Waals surface area contributed by atoms with Gasteiger partial charge in [-0.3, -0.25) is 0 Å². The third-order valence-electron chi connectivity index (χ3n) is 4.31. The first-order valence-corrected chi connectivity index (χ1v) is 8.22. The molecule has 0 saturated carbocycles. The Labute approximate surface area is 142 Å². The minimum Gasteiger partial charge on any atom is -0.0616 e. The lowest BCUT2D eigenvalue weighted by molar-refractivity contribution is 1.70. The van der Waals surface area contributed by atoms with E-state index >= 15 is 0 Å². The Hall–Kier alpha value is -3.12. The first-order valence-electron chi connectivity index (χ1n) is 8.22. The molecule has 0 nitrogen and oxygen atoms in total. The van der Waals surface area contributed by atoms with Crippen molar-refractivity contribution in [3.05, 3.63) is 108 Å². The third kappa shape index (κ3) is 2.87. The number of allylic oxidation sites excluding steroid dienone is 2. The highest BCUT2D eigenvalue weighted by Crippen LogP contribution is 2.21. The molecule has 4 aromatic rings. The second-order valence-electron chi connectivity index (χ2n) is 5.85. The number of hydrogen-bond donors (Lipinski definition) is 0. The van der Waals surface area contributed by atoms with Gasteiger partial charge < -0.3 is 0 Å². The van der Waals surface area contributed by atoms with Crippen molar-refractivity contribution >= 4 is 33.7 Å². The summed E-state index contributed by atoms with van der Waals surface area (Å²) < 4.78 is 0. The summed E-state index contributed by atoms with van der Waals surface area (Å²) in [5, 5.41) is 5.12. The van der Waals surface area contributed by atoms with Gasteiger partial charge in [-0.05, 0) is 32.7 Å². The van der Waals surface area contributed by atoms with Crippen molar-refractivity contribution in [1.29, 1.82) is 0 Å². The standard InChI is InChI=1S/C24H18/c1(9-19-13-7-15-21-11-3-5-17-23(19)21)2-10-20-14-8-16-22-12-4-6-18-24(20)22/h1-18H/b9-1+,10-2+. The maximum atomic E-state index is 2.17. The highest BCUT2D eigenvalue weighted by atomic mass is 14.0. The Balaban J connectivity index is 1.64. The Bertz CT molecular complexity index is 954. The van der Waals surface area contributed by atoms with Gasteiger partial charge in [0.2, 0.25) is 0 Å². The van der Waals surface area contributed by atoms with E-state index in [1.165, 1.54) is 32.7 Å². The molecule has 0 heteroatoms. The summed E-state index contributed by atoms with van der Waals surface area (Å²) in [6, 6.07) is 29.8. The van der Waals surface area contributed by atoms with Crippen LogP contribution >= 0.6 is 0 Å². The van der Waals surface area contributed by atoms with Crippen LogP contribution in [0.2, 0.25) is 0 Å². The zero-order chi connectivity index (χ0) is 16.2. The Morgan fingerprint density at radius 3 is 1.33 bits per heavy atom. The van der Waals surface area contributed by atoms with Gasteiger partial charge in [-0.15, -0.1) is 0 Å². The first-order chi connectivity index (χ1) is 11.9. The largest absolute Gasteiger partial charge is 0.0616 e. The van der Waals surface area contributed by atoms with E-state index in [2.05, 4.69) is 109 Å². The lowest BCUT2D eigenvalue weighted by atomic mass is 10.0. The van der Waals surface area contributed by atoms with Crippen molar-refractivity contribution in [3.8, 4) is 0 Å². The molecule has 4 aromatic carbocycles. The molecule has 0 unspecified atom stereocenters. The minimum absolute atomic E-state index is 1.25. The van der Waals surface area contributed by atoms with Gasteiger partial charge in [-0.2, -0.15) is 0 Å². The smallest absolute Gasteiger partial charge is 0.0111 e. The lowest BCUT2D eigenvalue weighted by Crippen LogP contribution is -1.77. The number of hydrogen-bond acceptors (Lipinski definition) is 0. The van der Waals surface area contributed by atoms with Crippen molar-refractivity contribution in [2.75, 3.05) is 0 Å². The van der Waals surface area contributed by atoms with Crippen LogP contribution in [0.25, 0.3) is 33.7 Å². The van der Waals surface area contributed by atoms with Crippen LogP contribution in [-0.2, 0) is 0 Å². The summed E-state index contributed by atoms with van der Waals surface area (Å²) in [4.78, 5) is 0. The summed E-state index contributed by atoms with van der Waals surface area (Å²) in [7, 11) is 0. The first kappa shape index (κ1) is 14.5. The van der Waals surface area contributed by atoms with Gasteiger partial charge in [0.1, 0.15) is 0 Å². The predicted molar refractivity (Wildman–Crippen MR) is 106 cm³/mol. The van der Waals surface area contributed by atoms with Gasteiger partial charge in [0.25, 0.3) is 0 Å². The molecule has 0 aliphatic rings. The van der Waals surface area contributed by atoms with Gasteiger partial charge in [-0.1, -0.05) is 109 Å². The normalized spacial score (nSPS) is 11.8. The topological polar surface area (TPSA) is 0 Å². The zero-order valence-electron chi connectivity index (χ0n) is 13.4. The molecule has 0 radical (unpaired) electrons. The molecule has 114 valence electrons. The van der Waals surface area contributed by atoms with Crippen LogP contribution in [-0.4, -0.2) is 0 Å². The number of fused-ring (bicyclic) bond motifs is 2. The lowest BCUT2D eigenvalue weighted by Gasteiger charge is -2.01. The van der Waals surface area contributed by atoms with Gasteiger partial charge in [-0.25, -0.2) is 0 Å². The van der Waals surface area contributed by atoms with Crippen LogP contribution in [0, 0.1) is 0 Å². The van der Waals surface area contributed by atoms with Gasteiger partial charge in [0.15, 0.2) is 0 Å². The van der Waals surface area contributed by atoms with E-state index in [-0.39, 0.29) is 0 Å². The highest BCUT2D eigenvalue weighted by Gasteiger charge is 1.96. The quantitative estimate of drug-likeness (QED) is 0.368. The van der Waals surface area contributed by atoms with Crippen LogP contribution in [0.3, 0.4) is 0 Å². The van der Waals surface area contributed by atoms with E-state index in [9.17, 15) is 0 Å². The predicted octanol–water partition coefficient (Wildman–Crippen LogP) is 6.72. The van der Waals surface area contributed by atoms with Crippen LogP contribution in [0.4, 0.5) is 0 Å². The summed E-state index contributed by atoms with van der Waals surface area (Å²) in [6.07, 6.45) is 8.57. The summed E-state index contributed by atoms with van der Waals surface area (Å²) in [5.74, 6) is 0. The van der Waals surface area contributed by atoms with Crippen molar-refractivity contribution in [1.82, 2.24) is 0 Å². The van der Waals surface area contributed by atoms with E-state index in [0.29, 0.717) is 0 Å². The number of rotatable bonds is 3. The fourth-order valence-electron chi connectivity index (χ4n) is 3.11. The van der Waals surface area contributed by atoms with Gasteiger partial charge >= 0.3 is 0 Å². The molecular weight excluding hydrogens is 288 g/mol. The molecule has 0 fully saturated rings. The third-order valence-corrected chi connectivity index (χ3v) is 4.31. The summed E-state index contributed by atoms with van der Waals surface area (Å²) >= 11 is 0. The van der Waals surface area contributed by atoms with Crippen LogP contribution in [0.5, 0.6) is 0 Å². The molecule has 0 bridgehead atoms. The molecule has 0 spiro atoms. The molecule has 0 aliphatic heterocycles. The fraction of sp³-hybridized carbons (Fsp3) is 0. The SMILES string of the molecule is C(/C=C/c1cccc2ccccc12)=C\c1cccc2ccccc12. The fourth-order valence-corrected chi connectivity index (χ4v) is 3.11. The second kappa shape index (κ2) is 6.55. The number of benzene rings is 4. The molecule has 4 rings (SSSR count). The molecule has 0 aliphatic carbocycles. The van der Waals surface area contributed by atoms with E-state index in [4.69, 9.17) is 0 Å². The maximum Gasteiger partial charge on any atom is -0.0111 e. The second-order valence-corrected chi connectivity index (χ2v) is 5.85. The molecule has 0 saturated heterocycles. The molecule has 0 heterocycles. The Kier molecular flexibility index (Phi) is 3.95. The Morgan fingerprint density at radius 2 is 0.833 bits per heavy atom. The minimum atomic E-state index is 1.25. The average molecular weight is 306 g/mol. The van der Waals surface area contributed by atoms with Gasteiger partial charge in [0, 0.05) is 0 Å². The van der Waals surface area contributed by atoms with Crippen LogP contribution in [0.15, 0.2) is 97.1 Å². The molecular formula is C24H18. The molecule has 24 heavy (non-hydrogen) atoms. The van der Waals surface area contributed by atoms with Crippen LogP contribution in [0.1, 0.15) is 11.1 Å². The van der Waals surface area contributed by atoms with Crippen molar-refractivity contribution in [2.45, 2.75) is 0 Å². The van der Waals surface area contributed by atoms with Crippen molar-refractivity contribution in [2.24, 2.45) is 0 Å². The molecule has 0 aromatic heterocycles. The van der Waals surface area contributed by atoms with Crippen molar-refractivity contribution in [3.63, 3.8) is 0 Å². The summed E-state index contributed by atoms with van der Waals surface area (Å²) in [5.41, 5.74) is 2.49. The van der Waals surface area contributed by atoms with E-state index in [1.807, 2.05) is 0 Å². The zero-order valence-corrected chi connectivity index (χ0v) is 13.4. The van der Waals surface area contributed by atoms with E-state index in [0.717, 1.165) is 0 Å². The molecule has 0 N–H and O–H groups in total. The van der Waals surface area contributed by atoms with E-state index in [1.54, 1.807) is 0 Å². The average Bonchev–Trinajstić information content (AvgIpc) is 2.65. The van der Waals surface area contributed by atoms with Gasteiger partial charge in [0.05, 0.1) is 0 Å². The van der Waals surface area contributed by atoms with Crippen molar-refractivity contribution < 1.29 is 0 Å². The Morgan fingerprint density at radius 1 is 0.417 bits per heavy atom. The highest BCUT2D eigenvalue weighted by molar-refractivity contribution is 5.92.